The molecule has 0 aromatic heterocycles. The monoisotopic (exact) mass is 356 g/mol. The van der Waals surface area contributed by atoms with Crippen molar-refractivity contribution in [2.75, 3.05) is 6.54 Å². The van der Waals surface area contributed by atoms with Crippen LogP contribution in [-0.4, -0.2) is 24.4 Å². The second-order valence-electron chi connectivity index (χ2n) is 9.68. The van der Waals surface area contributed by atoms with Crippen molar-refractivity contribution in [2.45, 2.75) is 71.3 Å². The van der Waals surface area contributed by atoms with Crippen LogP contribution in [0.25, 0.3) is 0 Å². The molecule has 4 fully saturated rings. The number of carbonyl (C=O) groups is 2. The van der Waals surface area contributed by atoms with Gasteiger partial charge in [0.15, 0.2) is 0 Å². The minimum absolute atomic E-state index is 0.110. The van der Waals surface area contributed by atoms with E-state index in [2.05, 4.69) is 30.4 Å². The molecule has 4 rings (SSSR count). The number of nitrogens with one attached hydrogen (secondary N) is 2. The molecule has 4 heteroatoms. The Morgan fingerprint density at radius 3 is 2.69 bits per heavy atom. The molecular weight excluding hydrogens is 324 g/mol. The molecule has 1 saturated heterocycles. The Balaban J connectivity index is 1.55. The quantitative estimate of drug-likeness (QED) is 0.748. The van der Waals surface area contributed by atoms with Crippen LogP contribution in [0, 0.1) is 46.8 Å². The lowest BCUT2D eigenvalue weighted by Gasteiger charge is -2.60. The first-order chi connectivity index (χ1) is 12.4. The summed E-state index contributed by atoms with van der Waals surface area (Å²) in [6.07, 6.45) is 13.8. The van der Waals surface area contributed by atoms with Crippen molar-refractivity contribution in [3.63, 3.8) is 0 Å². The number of amides is 2. The van der Waals surface area contributed by atoms with E-state index in [4.69, 9.17) is 6.42 Å². The highest BCUT2D eigenvalue weighted by atomic mass is 16.2. The lowest BCUT2D eigenvalue weighted by atomic mass is 9.47. The largest absolute Gasteiger partial charge is 0.353 e. The first-order valence-corrected chi connectivity index (χ1v) is 10.4. The molecule has 0 aromatic rings. The van der Waals surface area contributed by atoms with E-state index >= 15 is 0 Å². The Hall–Kier alpha value is -1.50. The Labute approximate surface area is 157 Å². The van der Waals surface area contributed by atoms with Gasteiger partial charge in [-0.15, -0.1) is 6.42 Å². The van der Waals surface area contributed by atoms with Crippen LogP contribution in [0.4, 0.5) is 0 Å². The minimum atomic E-state index is 0.110. The van der Waals surface area contributed by atoms with Crippen molar-refractivity contribution >= 4 is 11.8 Å². The molecular formula is C22H32N2O2. The van der Waals surface area contributed by atoms with Gasteiger partial charge in [0.2, 0.25) is 11.8 Å². The van der Waals surface area contributed by atoms with Gasteiger partial charge < -0.3 is 10.6 Å². The molecule has 26 heavy (non-hydrogen) atoms. The van der Waals surface area contributed by atoms with Crippen LogP contribution in [0.15, 0.2) is 0 Å². The molecule has 2 unspecified atom stereocenters. The predicted octanol–water partition coefficient (Wildman–Crippen LogP) is 2.87. The molecule has 0 bridgehead atoms. The van der Waals surface area contributed by atoms with E-state index in [1.54, 1.807) is 0 Å². The standard InChI is InChI=1S/C22H32N2O2/c1-4-13-23-20(26)17-7-6-15-14-5-8-18-22(3,12-10-19(25)24-18)16(14)9-11-21(15,17)2/h1,14-18H,5-13H2,2-3H3,(H,23,26)(H,24,25)/t14-,15-,16+,17?,18?,21-,22+/m0/s1. The second kappa shape index (κ2) is 6.29. The van der Waals surface area contributed by atoms with Crippen molar-refractivity contribution in [1.29, 1.82) is 0 Å². The lowest BCUT2D eigenvalue weighted by Crippen LogP contribution is -2.61. The Morgan fingerprint density at radius 1 is 1.15 bits per heavy atom. The maximum Gasteiger partial charge on any atom is 0.224 e. The third-order valence-corrected chi connectivity index (χ3v) is 8.78. The van der Waals surface area contributed by atoms with Crippen molar-refractivity contribution in [3.8, 4) is 12.3 Å². The Kier molecular flexibility index (Phi) is 4.33. The van der Waals surface area contributed by atoms with Gasteiger partial charge in [-0.05, 0) is 73.5 Å². The van der Waals surface area contributed by atoms with Crippen molar-refractivity contribution < 1.29 is 9.59 Å². The van der Waals surface area contributed by atoms with Crippen molar-refractivity contribution in [2.24, 2.45) is 34.5 Å². The van der Waals surface area contributed by atoms with Gasteiger partial charge in [0.05, 0.1) is 6.54 Å². The number of terminal acetylenes is 1. The van der Waals surface area contributed by atoms with Crippen LogP contribution in [0.5, 0.6) is 0 Å². The van der Waals surface area contributed by atoms with Crippen molar-refractivity contribution in [3.05, 3.63) is 0 Å². The molecule has 0 radical (unpaired) electrons. The fraction of sp³-hybridized carbons (Fsp3) is 0.818. The van der Waals surface area contributed by atoms with Gasteiger partial charge in [0.1, 0.15) is 0 Å². The van der Waals surface area contributed by atoms with Crippen LogP contribution in [0.3, 0.4) is 0 Å². The molecule has 142 valence electrons. The molecule has 3 aliphatic carbocycles. The Morgan fingerprint density at radius 2 is 1.92 bits per heavy atom. The number of rotatable bonds is 2. The number of carbonyl (C=O) groups excluding carboxylic acids is 2. The summed E-state index contributed by atoms with van der Waals surface area (Å²) < 4.78 is 0. The van der Waals surface area contributed by atoms with Gasteiger partial charge in [0.25, 0.3) is 0 Å². The minimum Gasteiger partial charge on any atom is -0.353 e. The predicted molar refractivity (Wildman–Crippen MR) is 101 cm³/mol. The van der Waals surface area contributed by atoms with Crippen LogP contribution >= 0.6 is 0 Å². The third kappa shape index (κ3) is 2.50. The number of hydrogen-bond acceptors (Lipinski definition) is 2. The van der Waals surface area contributed by atoms with Gasteiger partial charge >= 0.3 is 0 Å². The van der Waals surface area contributed by atoms with E-state index in [1.165, 1.54) is 19.3 Å². The third-order valence-electron chi connectivity index (χ3n) is 8.78. The topological polar surface area (TPSA) is 58.2 Å². The second-order valence-corrected chi connectivity index (χ2v) is 9.68. The SMILES string of the molecule is C#CCNC(=O)C1CC[C@H]2[C@@H]3CCC4NC(=O)CC[C@]4(C)[C@@H]3CC[C@]12C. The molecule has 0 aromatic carbocycles. The molecule has 3 saturated carbocycles. The van der Waals surface area contributed by atoms with E-state index in [1.807, 2.05) is 0 Å². The van der Waals surface area contributed by atoms with Gasteiger partial charge in [-0.3, -0.25) is 9.59 Å². The summed E-state index contributed by atoms with van der Waals surface area (Å²) in [4.78, 5) is 24.6. The van der Waals surface area contributed by atoms with Gasteiger partial charge in [-0.1, -0.05) is 19.8 Å². The van der Waals surface area contributed by atoms with Crippen LogP contribution in [0.2, 0.25) is 0 Å². The number of piperidine rings is 1. The van der Waals surface area contributed by atoms with Gasteiger partial charge in [-0.2, -0.15) is 0 Å². The fourth-order valence-corrected chi connectivity index (χ4v) is 7.39. The lowest BCUT2D eigenvalue weighted by molar-refractivity contribution is -0.141. The fourth-order valence-electron chi connectivity index (χ4n) is 7.39. The maximum atomic E-state index is 12.7. The summed E-state index contributed by atoms with van der Waals surface area (Å²) in [5.41, 5.74) is 0.350. The zero-order valence-corrected chi connectivity index (χ0v) is 16.1. The van der Waals surface area contributed by atoms with Crippen LogP contribution in [0.1, 0.15) is 65.2 Å². The first kappa shape index (κ1) is 17.9. The molecule has 7 atom stereocenters. The van der Waals surface area contributed by atoms with E-state index in [0.29, 0.717) is 36.8 Å². The zero-order chi connectivity index (χ0) is 18.5. The average Bonchev–Trinajstić information content (AvgIpc) is 2.97. The molecule has 4 nitrogen and oxygen atoms in total. The zero-order valence-electron chi connectivity index (χ0n) is 16.1. The summed E-state index contributed by atoms with van der Waals surface area (Å²) >= 11 is 0. The summed E-state index contributed by atoms with van der Waals surface area (Å²) in [5, 5.41) is 6.23. The van der Waals surface area contributed by atoms with Crippen molar-refractivity contribution in [1.82, 2.24) is 10.6 Å². The molecule has 1 aliphatic heterocycles. The number of hydrogen-bond donors (Lipinski definition) is 2. The first-order valence-electron chi connectivity index (χ1n) is 10.4. The van der Waals surface area contributed by atoms with E-state index in [-0.39, 0.29) is 28.6 Å². The molecule has 0 spiro atoms. The summed E-state index contributed by atoms with van der Waals surface area (Å²) in [5.74, 6) is 5.06. The summed E-state index contributed by atoms with van der Waals surface area (Å²) in [6.45, 7) is 5.11. The molecule has 2 amide bonds. The highest BCUT2D eigenvalue weighted by Crippen LogP contribution is 2.65. The van der Waals surface area contributed by atoms with Crippen LogP contribution < -0.4 is 10.6 Å². The van der Waals surface area contributed by atoms with E-state index in [0.717, 1.165) is 25.7 Å². The van der Waals surface area contributed by atoms with E-state index < -0.39 is 0 Å². The highest BCUT2D eigenvalue weighted by Gasteiger charge is 2.61. The number of fused-ring (bicyclic) bond motifs is 5. The van der Waals surface area contributed by atoms with E-state index in [9.17, 15) is 9.59 Å². The van der Waals surface area contributed by atoms with Gasteiger partial charge in [0, 0.05) is 18.4 Å². The normalized spacial score (nSPS) is 47.0. The molecule has 2 N–H and O–H groups in total. The van der Waals surface area contributed by atoms with Crippen LogP contribution in [-0.2, 0) is 9.59 Å². The summed E-state index contributed by atoms with van der Waals surface area (Å²) in [7, 11) is 0. The average molecular weight is 357 g/mol. The van der Waals surface area contributed by atoms with Gasteiger partial charge in [-0.25, -0.2) is 0 Å². The summed E-state index contributed by atoms with van der Waals surface area (Å²) in [6, 6.07) is 0.352. The maximum absolute atomic E-state index is 12.7. The molecule has 1 heterocycles. The Bertz CT molecular complexity index is 653. The highest BCUT2D eigenvalue weighted by molar-refractivity contribution is 5.80. The molecule has 4 aliphatic rings. The smallest absolute Gasteiger partial charge is 0.224 e.